The highest BCUT2D eigenvalue weighted by molar-refractivity contribution is 5.89. The minimum Gasteiger partial charge on any atom is -0.478 e. The Balaban J connectivity index is 1.76. The van der Waals surface area contributed by atoms with Crippen molar-refractivity contribution in [2.45, 2.75) is 38.0 Å². The topological polar surface area (TPSA) is 50.2 Å². The minimum atomic E-state index is -0.864. The molecule has 0 bridgehead atoms. The third-order valence-electron chi connectivity index (χ3n) is 4.39. The lowest BCUT2D eigenvalue weighted by molar-refractivity contribution is 0.0695. The zero-order valence-electron chi connectivity index (χ0n) is 12.0. The van der Waals surface area contributed by atoms with Crippen molar-refractivity contribution in [3.63, 3.8) is 0 Å². The van der Waals surface area contributed by atoms with Crippen molar-refractivity contribution in [1.82, 2.24) is 4.98 Å². The van der Waals surface area contributed by atoms with Gasteiger partial charge in [-0.3, -0.25) is 4.98 Å². The summed E-state index contributed by atoms with van der Waals surface area (Å²) >= 11 is 0. The summed E-state index contributed by atoms with van der Waals surface area (Å²) in [6.45, 7) is 0. The van der Waals surface area contributed by atoms with Gasteiger partial charge in [0.2, 0.25) is 0 Å². The lowest BCUT2D eigenvalue weighted by Gasteiger charge is -2.25. The average Bonchev–Trinajstić information content (AvgIpc) is 2.53. The maximum absolute atomic E-state index is 11.2. The van der Waals surface area contributed by atoms with Crippen molar-refractivity contribution in [3.05, 3.63) is 65.0 Å². The molecule has 1 aliphatic rings. The van der Waals surface area contributed by atoms with Gasteiger partial charge in [-0.2, -0.15) is 0 Å². The van der Waals surface area contributed by atoms with Crippen LogP contribution in [-0.4, -0.2) is 16.1 Å². The maximum atomic E-state index is 11.2. The van der Waals surface area contributed by atoms with Crippen LogP contribution in [0.4, 0.5) is 0 Å². The van der Waals surface area contributed by atoms with Crippen LogP contribution in [0.15, 0.2) is 42.7 Å². The number of aromatic carboxylic acids is 1. The van der Waals surface area contributed by atoms with Gasteiger partial charge < -0.3 is 5.11 Å². The number of pyridine rings is 1. The van der Waals surface area contributed by atoms with Crippen molar-refractivity contribution < 1.29 is 9.90 Å². The number of benzene rings is 1. The van der Waals surface area contributed by atoms with E-state index >= 15 is 0 Å². The molecule has 0 saturated heterocycles. The Kier molecular flexibility index (Phi) is 4.00. The smallest absolute Gasteiger partial charge is 0.336 e. The molecular formula is C18H19NO2. The molecule has 0 amide bonds. The molecule has 1 aliphatic carbocycles. The SMILES string of the molecule is O=C(O)c1ccncc1CCC1CCCc2ccccc21. The van der Waals surface area contributed by atoms with E-state index in [0.717, 1.165) is 18.4 Å². The van der Waals surface area contributed by atoms with E-state index in [1.807, 2.05) is 0 Å². The Hall–Kier alpha value is -2.16. The van der Waals surface area contributed by atoms with Gasteiger partial charge in [0, 0.05) is 12.4 Å². The Morgan fingerprint density at radius 2 is 2.14 bits per heavy atom. The first-order valence-electron chi connectivity index (χ1n) is 7.49. The molecule has 0 spiro atoms. The molecule has 1 aromatic heterocycles. The van der Waals surface area contributed by atoms with Gasteiger partial charge in [-0.15, -0.1) is 0 Å². The molecule has 3 heteroatoms. The fraction of sp³-hybridized carbons (Fsp3) is 0.333. The van der Waals surface area contributed by atoms with Crippen molar-refractivity contribution in [2.75, 3.05) is 0 Å². The molecule has 1 heterocycles. The zero-order valence-corrected chi connectivity index (χ0v) is 12.0. The van der Waals surface area contributed by atoms with Gasteiger partial charge in [-0.05, 0) is 60.8 Å². The molecule has 1 atom stereocenters. The highest BCUT2D eigenvalue weighted by atomic mass is 16.4. The third-order valence-corrected chi connectivity index (χ3v) is 4.39. The molecular weight excluding hydrogens is 262 g/mol. The first-order chi connectivity index (χ1) is 10.3. The van der Waals surface area contributed by atoms with E-state index in [4.69, 9.17) is 0 Å². The molecule has 3 nitrogen and oxygen atoms in total. The van der Waals surface area contributed by atoms with Gasteiger partial charge in [-0.25, -0.2) is 4.79 Å². The number of carbonyl (C=O) groups is 1. The van der Waals surface area contributed by atoms with Gasteiger partial charge in [0.05, 0.1) is 5.56 Å². The summed E-state index contributed by atoms with van der Waals surface area (Å²) in [5, 5.41) is 9.23. The molecule has 108 valence electrons. The molecule has 1 N–H and O–H groups in total. The van der Waals surface area contributed by atoms with E-state index in [9.17, 15) is 9.90 Å². The lowest BCUT2D eigenvalue weighted by Crippen LogP contribution is -2.11. The summed E-state index contributed by atoms with van der Waals surface area (Å²) in [5.41, 5.74) is 4.13. The van der Waals surface area contributed by atoms with Crippen LogP contribution < -0.4 is 0 Å². The first kappa shape index (κ1) is 13.8. The molecule has 1 unspecified atom stereocenters. The molecule has 0 radical (unpaired) electrons. The molecule has 21 heavy (non-hydrogen) atoms. The quantitative estimate of drug-likeness (QED) is 0.926. The van der Waals surface area contributed by atoms with Gasteiger partial charge >= 0.3 is 5.97 Å². The van der Waals surface area contributed by atoms with Crippen molar-refractivity contribution >= 4 is 5.97 Å². The normalized spacial score (nSPS) is 17.2. The van der Waals surface area contributed by atoms with Crippen LogP contribution in [0.2, 0.25) is 0 Å². The summed E-state index contributed by atoms with van der Waals surface area (Å²) in [7, 11) is 0. The van der Waals surface area contributed by atoms with E-state index in [-0.39, 0.29) is 0 Å². The summed E-state index contributed by atoms with van der Waals surface area (Å²) in [6, 6.07) is 10.2. The van der Waals surface area contributed by atoms with E-state index in [1.54, 1.807) is 18.5 Å². The Labute approximate surface area is 124 Å². The first-order valence-corrected chi connectivity index (χ1v) is 7.49. The molecule has 2 aromatic rings. The monoisotopic (exact) mass is 281 g/mol. The second kappa shape index (κ2) is 6.08. The number of aryl methyl sites for hydroxylation is 2. The van der Waals surface area contributed by atoms with Crippen LogP contribution in [-0.2, 0) is 12.8 Å². The van der Waals surface area contributed by atoms with Crippen LogP contribution in [0.1, 0.15) is 52.2 Å². The Morgan fingerprint density at radius 3 is 3.00 bits per heavy atom. The van der Waals surface area contributed by atoms with Gasteiger partial charge in [-0.1, -0.05) is 24.3 Å². The number of fused-ring (bicyclic) bond motifs is 1. The number of carboxylic acids is 1. The van der Waals surface area contributed by atoms with Crippen LogP contribution in [0.5, 0.6) is 0 Å². The van der Waals surface area contributed by atoms with E-state index < -0.39 is 5.97 Å². The summed E-state index contributed by atoms with van der Waals surface area (Å²) in [6.07, 6.45) is 8.58. The molecule has 0 saturated carbocycles. The highest BCUT2D eigenvalue weighted by Gasteiger charge is 2.20. The third kappa shape index (κ3) is 2.97. The predicted molar refractivity (Wildman–Crippen MR) is 81.6 cm³/mol. The molecule has 0 aliphatic heterocycles. The van der Waals surface area contributed by atoms with Crippen LogP contribution in [0, 0.1) is 0 Å². The average molecular weight is 281 g/mol. The number of hydrogen-bond acceptors (Lipinski definition) is 2. The number of aromatic nitrogens is 1. The summed E-state index contributed by atoms with van der Waals surface area (Å²) in [5.74, 6) is -0.326. The number of carboxylic acid groups (broad SMARTS) is 1. The maximum Gasteiger partial charge on any atom is 0.336 e. The molecule has 1 aromatic carbocycles. The van der Waals surface area contributed by atoms with Gasteiger partial charge in [0.25, 0.3) is 0 Å². The van der Waals surface area contributed by atoms with Gasteiger partial charge in [0.1, 0.15) is 0 Å². The fourth-order valence-electron chi connectivity index (χ4n) is 3.32. The standard InChI is InChI=1S/C18H19NO2/c20-18(21)17-10-11-19-12-15(17)9-8-14-6-3-5-13-4-1-2-7-16(13)14/h1-2,4,7,10-12,14H,3,5-6,8-9H2,(H,20,21). The second-order valence-electron chi connectivity index (χ2n) is 5.66. The van der Waals surface area contributed by atoms with Crippen molar-refractivity contribution in [2.24, 2.45) is 0 Å². The summed E-state index contributed by atoms with van der Waals surface area (Å²) in [4.78, 5) is 15.3. The molecule has 0 fully saturated rings. The minimum absolute atomic E-state index is 0.383. The van der Waals surface area contributed by atoms with E-state index in [0.29, 0.717) is 11.5 Å². The largest absolute Gasteiger partial charge is 0.478 e. The Morgan fingerprint density at radius 1 is 1.29 bits per heavy atom. The lowest BCUT2D eigenvalue weighted by atomic mass is 9.80. The summed E-state index contributed by atoms with van der Waals surface area (Å²) < 4.78 is 0. The number of nitrogens with zero attached hydrogens (tertiary/aromatic N) is 1. The van der Waals surface area contributed by atoms with Crippen molar-refractivity contribution in [1.29, 1.82) is 0 Å². The zero-order chi connectivity index (χ0) is 14.7. The highest BCUT2D eigenvalue weighted by Crippen LogP contribution is 2.34. The predicted octanol–water partition coefficient (Wildman–Crippen LogP) is 3.83. The Bertz CT molecular complexity index is 651. The second-order valence-corrected chi connectivity index (χ2v) is 5.66. The van der Waals surface area contributed by atoms with Crippen LogP contribution >= 0.6 is 0 Å². The number of rotatable bonds is 4. The van der Waals surface area contributed by atoms with Gasteiger partial charge in [0.15, 0.2) is 0 Å². The van der Waals surface area contributed by atoms with E-state index in [1.165, 1.54) is 30.4 Å². The fourth-order valence-corrected chi connectivity index (χ4v) is 3.32. The molecule has 3 rings (SSSR count). The van der Waals surface area contributed by atoms with Crippen LogP contribution in [0.25, 0.3) is 0 Å². The van der Waals surface area contributed by atoms with Crippen LogP contribution in [0.3, 0.4) is 0 Å². The van der Waals surface area contributed by atoms with Crippen molar-refractivity contribution in [3.8, 4) is 0 Å². The number of hydrogen-bond donors (Lipinski definition) is 1. The van der Waals surface area contributed by atoms with E-state index in [2.05, 4.69) is 29.2 Å².